The Balaban J connectivity index is 1.45. The zero-order chi connectivity index (χ0) is 21.1. The summed E-state index contributed by atoms with van der Waals surface area (Å²) in [6.45, 7) is 5.06. The van der Waals surface area contributed by atoms with Gasteiger partial charge in [-0.15, -0.1) is 0 Å². The van der Waals surface area contributed by atoms with E-state index in [9.17, 15) is 14.7 Å². The highest BCUT2D eigenvalue weighted by Crippen LogP contribution is 2.24. The second-order valence-corrected chi connectivity index (χ2v) is 8.24. The summed E-state index contributed by atoms with van der Waals surface area (Å²) >= 11 is 0. The molecule has 2 aromatic carbocycles. The van der Waals surface area contributed by atoms with Crippen LogP contribution in [0, 0.1) is 0 Å². The molecule has 3 atom stereocenters. The van der Waals surface area contributed by atoms with Crippen molar-refractivity contribution >= 4 is 17.4 Å². The molecule has 6 nitrogen and oxygen atoms in total. The van der Waals surface area contributed by atoms with Crippen molar-refractivity contribution in [2.45, 2.75) is 38.0 Å². The summed E-state index contributed by atoms with van der Waals surface area (Å²) in [5, 5.41) is 13.5. The third-order valence-electron chi connectivity index (χ3n) is 6.29. The van der Waals surface area contributed by atoms with Gasteiger partial charge in [0.1, 0.15) is 0 Å². The first-order valence-corrected chi connectivity index (χ1v) is 10.7. The van der Waals surface area contributed by atoms with Crippen LogP contribution in [0.5, 0.6) is 0 Å². The minimum absolute atomic E-state index is 0.0923. The molecule has 0 spiro atoms. The van der Waals surface area contributed by atoms with E-state index in [1.165, 1.54) is 12.8 Å². The first kappa shape index (κ1) is 20.7. The molecule has 0 saturated carbocycles. The number of anilines is 1. The van der Waals surface area contributed by atoms with Crippen molar-refractivity contribution < 1.29 is 14.7 Å². The minimum atomic E-state index is -0.440. The zero-order valence-corrected chi connectivity index (χ0v) is 17.3. The molecule has 3 unspecified atom stereocenters. The van der Waals surface area contributed by atoms with Crippen LogP contribution >= 0.6 is 0 Å². The Bertz CT molecular complexity index is 896. The summed E-state index contributed by atoms with van der Waals surface area (Å²) in [5.74, 6) is -0.289. The zero-order valence-electron chi connectivity index (χ0n) is 17.3. The number of carbonyl (C=O) groups excluding carboxylic acids is 2. The van der Waals surface area contributed by atoms with Crippen molar-refractivity contribution in [3.8, 4) is 0 Å². The molecule has 2 aliphatic heterocycles. The average Bonchev–Trinajstić information content (AvgIpc) is 3.43. The molecule has 30 heavy (non-hydrogen) atoms. The fraction of sp³-hybridized carbons (Fsp3) is 0.417. The van der Waals surface area contributed by atoms with Crippen LogP contribution in [-0.4, -0.2) is 71.0 Å². The van der Waals surface area contributed by atoms with Gasteiger partial charge in [0.2, 0.25) is 5.91 Å². The summed E-state index contributed by atoms with van der Waals surface area (Å²) in [4.78, 5) is 30.3. The number of ketones is 1. The van der Waals surface area contributed by atoms with Gasteiger partial charge in [-0.05, 0) is 45.0 Å². The van der Waals surface area contributed by atoms with Gasteiger partial charge in [-0.2, -0.15) is 0 Å². The second-order valence-electron chi connectivity index (χ2n) is 8.24. The van der Waals surface area contributed by atoms with E-state index in [1.807, 2.05) is 36.1 Å². The predicted octanol–water partition coefficient (Wildman–Crippen LogP) is 2.39. The molecule has 2 N–H and O–H groups in total. The number of likely N-dealkylation sites (tertiary alicyclic amines) is 2. The lowest BCUT2D eigenvalue weighted by atomic mass is 10.0. The van der Waals surface area contributed by atoms with Crippen LogP contribution in [0.25, 0.3) is 0 Å². The minimum Gasteiger partial charge on any atom is -0.390 e. The molecular formula is C24H29N3O3. The molecule has 2 heterocycles. The van der Waals surface area contributed by atoms with Crippen molar-refractivity contribution in [1.82, 2.24) is 9.80 Å². The third-order valence-corrected chi connectivity index (χ3v) is 6.29. The number of nitrogens with one attached hydrogen (secondary N) is 1. The fourth-order valence-corrected chi connectivity index (χ4v) is 4.48. The molecule has 4 rings (SSSR count). The predicted molar refractivity (Wildman–Crippen MR) is 117 cm³/mol. The van der Waals surface area contributed by atoms with Crippen molar-refractivity contribution in [3.05, 3.63) is 65.7 Å². The molecule has 2 aromatic rings. The molecule has 2 aliphatic rings. The highest BCUT2D eigenvalue weighted by Gasteiger charge is 2.39. The maximum absolute atomic E-state index is 13.0. The summed E-state index contributed by atoms with van der Waals surface area (Å²) in [7, 11) is 0. The molecule has 6 heteroatoms. The molecular weight excluding hydrogens is 378 g/mol. The molecule has 0 radical (unpaired) electrons. The van der Waals surface area contributed by atoms with E-state index in [-0.39, 0.29) is 17.7 Å². The van der Waals surface area contributed by atoms with Crippen LogP contribution in [0.1, 0.15) is 35.7 Å². The Morgan fingerprint density at radius 2 is 1.67 bits per heavy atom. The first-order chi connectivity index (χ1) is 14.5. The van der Waals surface area contributed by atoms with Gasteiger partial charge in [0.25, 0.3) is 0 Å². The number of hydrogen-bond donors (Lipinski definition) is 2. The number of rotatable bonds is 6. The van der Waals surface area contributed by atoms with Gasteiger partial charge in [-0.3, -0.25) is 19.4 Å². The van der Waals surface area contributed by atoms with Crippen LogP contribution in [0.2, 0.25) is 0 Å². The number of amides is 1. The molecule has 0 aliphatic carbocycles. The lowest BCUT2D eigenvalue weighted by Crippen LogP contribution is -2.43. The van der Waals surface area contributed by atoms with Gasteiger partial charge in [-0.25, -0.2) is 0 Å². The number of para-hydroxylation sites is 1. The Morgan fingerprint density at radius 3 is 2.40 bits per heavy atom. The van der Waals surface area contributed by atoms with Crippen molar-refractivity contribution in [1.29, 1.82) is 0 Å². The van der Waals surface area contributed by atoms with E-state index in [2.05, 4.69) is 10.2 Å². The summed E-state index contributed by atoms with van der Waals surface area (Å²) in [5.41, 5.74) is 1.57. The topological polar surface area (TPSA) is 72.9 Å². The van der Waals surface area contributed by atoms with Crippen LogP contribution in [0.3, 0.4) is 0 Å². The monoisotopic (exact) mass is 407 g/mol. The van der Waals surface area contributed by atoms with E-state index in [0.29, 0.717) is 29.9 Å². The van der Waals surface area contributed by atoms with Crippen molar-refractivity contribution in [3.63, 3.8) is 0 Å². The van der Waals surface area contributed by atoms with Crippen molar-refractivity contribution in [2.24, 2.45) is 0 Å². The second kappa shape index (κ2) is 9.08. The molecule has 1 amide bonds. The van der Waals surface area contributed by atoms with Crippen LogP contribution in [-0.2, 0) is 4.79 Å². The number of β-amino-alcohol motifs (C(OH)–C–C–N with tert-alkyl or cyclic N) is 1. The molecule has 0 aromatic heterocycles. The van der Waals surface area contributed by atoms with Gasteiger partial charge in [0, 0.05) is 30.3 Å². The number of benzene rings is 2. The number of aliphatic hydroxyl groups excluding tert-OH is 1. The smallest absolute Gasteiger partial charge is 0.241 e. The molecule has 2 fully saturated rings. The largest absolute Gasteiger partial charge is 0.390 e. The van der Waals surface area contributed by atoms with E-state index in [1.54, 1.807) is 30.3 Å². The van der Waals surface area contributed by atoms with Gasteiger partial charge in [0.15, 0.2) is 5.78 Å². The molecule has 2 saturated heterocycles. The number of hydrogen-bond acceptors (Lipinski definition) is 5. The number of carbonyl (C=O) groups is 2. The standard InChI is InChI=1S/C24H29N3O3/c1-17(27-15-21(22(28)16-27)26-13-7-8-14-26)24(30)25-20-12-6-5-11-19(20)23(29)18-9-3-2-4-10-18/h2-6,9-12,17,21-22,28H,7-8,13-16H2,1H3,(H,25,30). The normalized spacial score (nSPS) is 23.4. The Morgan fingerprint density at radius 1 is 1.00 bits per heavy atom. The lowest BCUT2D eigenvalue weighted by molar-refractivity contribution is -0.120. The molecule has 0 bridgehead atoms. The van der Waals surface area contributed by atoms with Gasteiger partial charge in [-0.1, -0.05) is 42.5 Å². The lowest BCUT2D eigenvalue weighted by Gasteiger charge is -2.27. The number of aliphatic hydroxyl groups is 1. The van der Waals surface area contributed by atoms with Gasteiger partial charge >= 0.3 is 0 Å². The Kier molecular flexibility index (Phi) is 6.27. The van der Waals surface area contributed by atoms with Crippen LogP contribution < -0.4 is 5.32 Å². The third kappa shape index (κ3) is 4.31. The van der Waals surface area contributed by atoms with Crippen LogP contribution in [0.15, 0.2) is 54.6 Å². The maximum Gasteiger partial charge on any atom is 0.241 e. The van der Waals surface area contributed by atoms with E-state index in [0.717, 1.165) is 13.1 Å². The SMILES string of the molecule is CC(C(=O)Nc1ccccc1C(=O)c1ccccc1)N1CC(O)C(N2CCCC2)C1. The molecule has 158 valence electrons. The average molecular weight is 408 g/mol. The maximum atomic E-state index is 13.0. The number of nitrogens with zero attached hydrogens (tertiary/aromatic N) is 2. The van der Waals surface area contributed by atoms with E-state index < -0.39 is 12.1 Å². The summed E-state index contributed by atoms with van der Waals surface area (Å²) < 4.78 is 0. The van der Waals surface area contributed by atoms with Crippen molar-refractivity contribution in [2.75, 3.05) is 31.5 Å². The highest BCUT2D eigenvalue weighted by molar-refractivity contribution is 6.14. The highest BCUT2D eigenvalue weighted by atomic mass is 16.3. The van der Waals surface area contributed by atoms with E-state index in [4.69, 9.17) is 0 Å². The van der Waals surface area contributed by atoms with E-state index >= 15 is 0 Å². The van der Waals surface area contributed by atoms with Gasteiger partial charge in [0.05, 0.1) is 17.8 Å². The summed E-state index contributed by atoms with van der Waals surface area (Å²) in [6, 6.07) is 15.9. The first-order valence-electron chi connectivity index (χ1n) is 10.7. The quantitative estimate of drug-likeness (QED) is 0.720. The summed E-state index contributed by atoms with van der Waals surface area (Å²) in [6.07, 6.45) is 1.90. The Hall–Kier alpha value is -2.54. The fourth-order valence-electron chi connectivity index (χ4n) is 4.48. The van der Waals surface area contributed by atoms with Gasteiger partial charge < -0.3 is 10.4 Å². The Labute approximate surface area is 177 Å². The van der Waals surface area contributed by atoms with Crippen LogP contribution in [0.4, 0.5) is 5.69 Å².